The Kier molecular flexibility index (Phi) is 7.60. The predicted molar refractivity (Wildman–Crippen MR) is 155 cm³/mol. The van der Waals surface area contributed by atoms with Crippen molar-refractivity contribution in [1.82, 2.24) is 0 Å². The Hall–Kier alpha value is -4.31. The highest BCUT2D eigenvalue weighted by Gasteiger charge is 2.42. The first-order chi connectivity index (χ1) is 18.6. The van der Waals surface area contributed by atoms with E-state index in [1.807, 2.05) is 43.3 Å². The number of hydrogen-bond acceptors (Lipinski definition) is 4. The summed E-state index contributed by atoms with van der Waals surface area (Å²) >= 11 is 0. The third-order valence-corrected chi connectivity index (χ3v) is 7.23. The van der Waals surface area contributed by atoms with E-state index in [1.165, 1.54) is 5.56 Å². The van der Waals surface area contributed by atoms with Crippen LogP contribution in [0.4, 0.5) is 11.4 Å². The summed E-state index contributed by atoms with van der Waals surface area (Å²) in [5.41, 5.74) is 8.17. The van der Waals surface area contributed by atoms with E-state index >= 15 is 0 Å². The molecule has 0 saturated heterocycles. The number of anilines is 2. The van der Waals surface area contributed by atoms with Crippen molar-refractivity contribution in [2.24, 2.45) is 0 Å². The van der Waals surface area contributed by atoms with Gasteiger partial charge in [0.05, 0.1) is 24.3 Å². The number of ether oxygens (including phenoxy) is 1. The van der Waals surface area contributed by atoms with Gasteiger partial charge >= 0.3 is 5.97 Å². The molecule has 4 aromatic rings. The largest absolute Gasteiger partial charge is 0.463 e. The maximum atomic E-state index is 13.8. The summed E-state index contributed by atoms with van der Waals surface area (Å²) < 4.78 is 5.72. The molecule has 0 bridgehead atoms. The zero-order valence-electron chi connectivity index (χ0n) is 22.2. The van der Waals surface area contributed by atoms with E-state index in [2.05, 4.69) is 96.9 Å². The molecule has 1 aliphatic heterocycles. The predicted octanol–water partition coefficient (Wildman–Crippen LogP) is 7.93. The van der Waals surface area contributed by atoms with Crippen molar-refractivity contribution in [3.05, 3.63) is 143 Å². The monoisotopic (exact) mass is 502 g/mol. The highest BCUT2D eigenvalue weighted by atomic mass is 16.5. The van der Waals surface area contributed by atoms with Gasteiger partial charge in [-0.05, 0) is 55.2 Å². The summed E-state index contributed by atoms with van der Waals surface area (Å²) in [4.78, 5) is 16.2. The van der Waals surface area contributed by atoms with Crippen LogP contribution in [0.5, 0.6) is 0 Å². The van der Waals surface area contributed by atoms with Gasteiger partial charge in [-0.3, -0.25) is 0 Å². The van der Waals surface area contributed by atoms with E-state index in [-0.39, 0.29) is 18.1 Å². The number of nitrogens with one attached hydrogen (secondary N) is 1. The Balaban J connectivity index is 1.79. The zero-order chi connectivity index (χ0) is 26.5. The number of para-hydroxylation sites is 2. The van der Waals surface area contributed by atoms with Gasteiger partial charge in [0.25, 0.3) is 0 Å². The molecular formula is C34H34N2O2. The van der Waals surface area contributed by atoms with Gasteiger partial charge in [0, 0.05) is 23.5 Å². The number of hydrogen-bond donors (Lipinski definition) is 1. The van der Waals surface area contributed by atoms with Gasteiger partial charge in [0.2, 0.25) is 0 Å². The fraction of sp³-hybridized carbons (Fsp3) is 0.206. The first-order valence-corrected chi connectivity index (χ1v) is 13.2. The van der Waals surface area contributed by atoms with E-state index < -0.39 is 0 Å². The molecule has 2 atom stereocenters. The maximum absolute atomic E-state index is 13.8. The van der Waals surface area contributed by atoms with E-state index in [9.17, 15) is 4.79 Å². The highest BCUT2D eigenvalue weighted by Crippen LogP contribution is 2.48. The number of carbonyl (C=O) groups is 1. The molecule has 0 aromatic heterocycles. The second-order valence-corrected chi connectivity index (χ2v) is 9.69. The van der Waals surface area contributed by atoms with Crippen LogP contribution in [-0.4, -0.2) is 12.6 Å². The third kappa shape index (κ3) is 5.08. The van der Waals surface area contributed by atoms with Crippen molar-refractivity contribution in [1.29, 1.82) is 0 Å². The lowest BCUT2D eigenvalue weighted by molar-refractivity contribution is -0.139. The molecule has 0 aliphatic carbocycles. The Labute approximate surface area is 225 Å². The summed E-state index contributed by atoms with van der Waals surface area (Å²) in [6, 6.07) is 37.1. The van der Waals surface area contributed by atoms with Crippen molar-refractivity contribution in [3.63, 3.8) is 0 Å². The average Bonchev–Trinajstić information content (AvgIpc) is 2.95. The van der Waals surface area contributed by atoms with Crippen LogP contribution in [0.2, 0.25) is 0 Å². The lowest BCUT2D eigenvalue weighted by Crippen LogP contribution is -2.42. The molecule has 1 heterocycles. The van der Waals surface area contributed by atoms with Gasteiger partial charge in [-0.1, -0.05) is 97.1 Å². The molecule has 0 spiro atoms. The van der Waals surface area contributed by atoms with Gasteiger partial charge < -0.3 is 15.0 Å². The molecular weight excluding hydrogens is 468 g/mol. The first kappa shape index (κ1) is 25.3. The lowest BCUT2D eigenvalue weighted by atomic mass is 9.83. The minimum atomic E-state index is -0.346. The van der Waals surface area contributed by atoms with Crippen LogP contribution in [0.3, 0.4) is 0 Å². The average molecular weight is 503 g/mol. The fourth-order valence-electron chi connectivity index (χ4n) is 5.40. The van der Waals surface area contributed by atoms with Crippen molar-refractivity contribution >= 4 is 17.3 Å². The molecule has 0 radical (unpaired) electrons. The first-order valence-electron chi connectivity index (χ1n) is 13.2. The van der Waals surface area contributed by atoms with Crippen LogP contribution >= 0.6 is 0 Å². The van der Waals surface area contributed by atoms with E-state index in [4.69, 9.17) is 4.74 Å². The van der Waals surface area contributed by atoms with Gasteiger partial charge in [-0.2, -0.15) is 0 Å². The number of rotatable bonds is 7. The van der Waals surface area contributed by atoms with Crippen molar-refractivity contribution in [3.8, 4) is 0 Å². The summed E-state index contributed by atoms with van der Waals surface area (Å²) in [7, 11) is 0. The number of benzene rings is 4. The summed E-state index contributed by atoms with van der Waals surface area (Å²) in [5, 5.41) is 3.68. The molecule has 0 saturated carbocycles. The number of nitrogens with zero attached hydrogens (tertiary/aromatic N) is 1. The fourth-order valence-corrected chi connectivity index (χ4v) is 5.40. The second-order valence-electron chi connectivity index (χ2n) is 9.69. The quantitative estimate of drug-likeness (QED) is 0.261. The standard InChI is InChI=1S/C34H34N2O2/c1-4-38-34(37)32-29(35-28-21-13-11-15-24(28)2)23-31(26-17-7-5-8-18-26)36(30-22-14-12-16-25(30)3)33(32)27-19-9-6-10-20-27/h5-22,31,33,35H,4,23H2,1-3H3/t31-,33+/m1/s1. The Morgan fingerprint density at radius 2 is 1.37 bits per heavy atom. The Morgan fingerprint density at radius 1 is 0.789 bits per heavy atom. The smallest absolute Gasteiger partial charge is 0.338 e. The minimum Gasteiger partial charge on any atom is -0.463 e. The van der Waals surface area contributed by atoms with E-state index in [1.54, 1.807) is 0 Å². The summed E-state index contributed by atoms with van der Waals surface area (Å²) in [6.07, 6.45) is 0.629. The molecule has 1 aliphatic rings. The normalized spacial score (nSPS) is 17.3. The molecule has 38 heavy (non-hydrogen) atoms. The van der Waals surface area contributed by atoms with E-state index in [0.29, 0.717) is 18.6 Å². The topological polar surface area (TPSA) is 41.6 Å². The second kappa shape index (κ2) is 11.4. The van der Waals surface area contributed by atoms with Gasteiger partial charge in [-0.15, -0.1) is 0 Å². The van der Waals surface area contributed by atoms with Crippen molar-refractivity contribution in [2.45, 2.75) is 39.3 Å². The van der Waals surface area contributed by atoms with Crippen molar-refractivity contribution < 1.29 is 9.53 Å². The molecule has 0 unspecified atom stereocenters. The van der Waals surface area contributed by atoms with Gasteiger partial charge in [-0.25, -0.2) is 4.79 Å². The lowest BCUT2D eigenvalue weighted by Gasteiger charge is -2.46. The molecule has 0 fully saturated rings. The SMILES string of the molecule is CCOC(=O)C1=C(Nc2ccccc2C)C[C@H](c2ccccc2)N(c2ccccc2C)[C@H]1c1ccccc1. The van der Waals surface area contributed by atoms with Crippen molar-refractivity contribution in [2.75, 3.05) is 16.8 Å². The third-order valence-electron chi connectivity index (χ3n) is 7.23. The van der Waals surface area contributed by atoms with Crippen LogP contribution < -0.4 is 10.2 Å². The summed E-state index contributed by atoms with van der Waals surface area (Å²) in [6.45, 7) is 6.39. The number of carbonyl (C=O) groups excluding carboxylic acids is 1. The van der Waals surface area contributed by atoms with Gasteiger partial charge in [0.15, 0.2) is 0 Å². The van der Waals surface area contributed by atoms with Crippen LogP contribution in [0.1, 0.15) is 47.7 Å². The zero-order valence-corrected chi connectivity index (χ0v) is 22.2. The van der Waals surface area contributed by atoms with Gasteiger partial charge in [0.1, 0.15) is 0 Å². The molecule has 4 heteroatoms. The molecule has 192 valence electrons. The number of esters is 1. The molecule has 1 N–H and O–H groups in total. The number of aryl methyl sites for hydroxylation is 2. The molecule has 4 nitrogen and oxygen atoms in total. The van der Waals surface area contributed by atoms with Crippen LogP contribution in [-0.2, 0) is 9.53 Å². The molecule has 0 amide bonds. The van der Waals surface area contributed by atoms with E-state index in [0.717, 1.165) is 33.8 Å². The highest BCUT2D eigenvalue weighted by molar-refractivity contribution is 5.93. The molecule has 4 aromatic carbocycles. The van der Waals surface area contributed by atoms with Crippen LogP contribution in [0.15, 0.2) is 120 Å². The summed E-state index contributed by atoms with van der Waals surface area (Å²) in [5.74, 6) is -0.289. The minimum absolute atomic E-state index is 0.00722. The van der Waals surface area contributed by atoms with Crippen LogP contribution in [0.25, 0.3) is 0 Å². The van der Waals surface area contributed by atoms with Crippen LogP contribution in [0, 0.1) is 13.8 Å². The maximum Gasteiger partial charge on any atom is 0.338 e. The Morgan fingerprint density at radius 3 is 2.00 bits per heavy atom. The molecule has 5 rings (SSSR count). The Bertz CT molecular complexity index is 1430.